The number of unbranched alkanes of at least 4 members (excludes halogenated alkanes) is 22. The highest BCUT2D eigenvalue weighted by molar-refractivity contribution is 5.69. The van der Waals surface area contributed by atoms with Crippen LogP contribution in [0, 0.1) is 0 Å². The van der Waals surface area contributed by atoms with Crippen molar-refractivity contribution in [1.82, 2.24) is 14.7 Å². The van der Waals surface area contributed by atoms with E-state index in [0.29, 0.717) is 39.1 Å². The molecule has 0 N–H and O–H groups in total. The summed E-state index contributed by atoms with van der Waals surface area (Å²) < 4.78 is 11.3. The second-order valence-electron chi connectivity index (χ2n) is 16.8. The average Bonchev–Trinajstić information content (AvgIpc) is 3.17. The van der Waals surface area contributed by atoms with Crippen LogP contribution in [0.5, 0.6) is 0 Å². The third kappa shape index (κ3) is 43.4. The summed E-state index contributed by atoms with van der Waals surface area (Å²) in [6, 6.07) is 0. The zero-order valence-corrected chi connectivity index (χ0v) is 38.2. The quantitative estimate of drug-likeness (QED) is 0.0346. The Morgan fingerprint density at radius 1 is 0.393 bits per heavy atom. The number of rotatable bonds is 44. The van der Waals surface area contributed by atoms with Crippen molar-refractivity contribution in [2.24, 2.45) is 0 Å². The van der Waals surface area contributed by atoms with Crippen LogP contribution in [0.25, 0.3) is 0 Å². The Balaban J connectivity index is 4.17. The molecule has 0 heterocycles. The largest absolute Gasteiger partial charge is 0.464 e. The van der Waals surface area contributed by atoms with Gasteiger partial charge in [-0.2, -0.15) is 0 Å². The van der Waals surface area contributed by atoms with Crippen LogP contribution in [-0.2, 0) is 19.1 Å². The third-order valence-electron chi connectivity index (χ3n) is 10.8. The molecule has 7 nitrogen and oxygen atoms in total. The molecule has 0 aromatic heterocycles. The highest BCUT2D eigenvalue weighted by Crippen LogP contribution is 2.12. The van der Waals surface area contributed by atoms with Gasteiger partial charge in [0.25, 0.3) is 0 Å². The Morgan fingerprint density at radius 3 is 1.11 bits per heavy atom. The summed E-state index contributed by atoms with van der Waals surface area (Å²) in [4.78, 5) is 31.8. The minimum absolute atomic E-state index is 0.0883. The summed E-state index contributed by atoms with van der Waals surface area (Å²) in [5, 5.41) is 0. The molecule has 0 fully saturated rings. The smallest absolute Gasteiger partial charge is 0.305 e. The van der Waals surface area contributed by atoms with E-state index in [1.54, 1.807) is 0 Å². The minimum Gasteiger partial charge on any atom is -0.464 e. The lowest BCUT2D eigenvalue weighted by atomic mass is 10.1. The van der Waals surface area contributed by atoms with Crippen molar-refractivity contribution in [2.45, 2.75) is 206 Å². The van der Waals surface area contributed by atoms with Crippen LogP contribution in [0.3, 0.4) is 0 Å². The van der Waals surface area contributed by atoms with Crippen LogP contribution in [0.15, 0.2) is 24.3 Å². The maximum absolute atomic E-state index is 12.5. The Labute approximate surface area is 349 Å². The molecule has 7 heteroatoms. The molecule has 0 aliphatic rings. The Kier molecular flexibility index (Phi) is 43.1. The molecule has 0 spiro atoms. The number of hydrogen-bond acceptors (Lipinski definition) is 7. The molecule has 0 rings (SSSR count). The SMILES string of the molecule is CCCCCCCC/C=C\CCCCCCCC(=O)OCCN(CCCN(C)CCCN(C)C)CCOC(=O)CCCCCCC/C=C\CCCCCCCC. The van der Waals surface area contributed by atoms with Gasteiger partial charge in [-0.05, 0) is 124 Å². The van der Waals surface area contributed by atoms with Gasteiger partial charge in [0, 0.05) is 25.9 Å². The van der Waals surface area contributed by atoms with E-state index in [9.17, 15) is 9.59 Å². The first-order valence-electron chi connectivity index (χ1n) is 24.1. The van der Waals surface area contributed by atoms with E-state index in [2.05, 4.69) is 74.0 Å². The first-order chi connectivity index (χ1) is 27.4. The van der Waals surface area contributed by atoms with Gasteiger partial charge < -0.3 is 19.3 Å². The first kappa shape index (κ1) is 54.3. The van der Waals surface area contributed by atoms with E-state index in [4.69, 9.17) is 9.47 Å². The van der Waals surface area contributed by atoms with E-state index in [-0.39, 0.29) is 11.9 Å². The monoisotopic (exact) mass is 790 g/mol. The maximum Gasteiger partial charge on any atom is 0.305 e. The van der Waals surface area contributed by atoms with Gasteiger partial charge in [0.15, 0.2) is 0 Å². The molecule has 56 heavy (non-hydrogen) atoms. The molecule has 0 amide bonds. The van der Waals surface area contributed by atoms with Crippen molar-refractivity contribution >= 4 is 11.9 Å². The molecule has 0 saturated heterocycles. The van der Waals surface area contributed by atoms with E-state index in [0.717, 1.165) is 64.7 Å². The molecule has 0 saturated carbocycles. The topological polar surface area (TPSA) is 62.3 Å². The lowest BCUT2D eigenvalue weighted by Gasteiger charge is -2.24. The van der Waals surface area contributed by atoms with E-state index < -0.39 is 0 Å². The number of carbonyl (C=O) groups is 2. The Morgan fingerprint density at radius 2 is 0.732 bits per heavy atom. The number of hydrogen-bond donors (Lipinski definition) is 0. The van der Waals surface area contributed by atoms with E-state index >= 15 is 0 Å². The Hall–Kier alpha value is -1.70. The van der Waals surface area contributed by atoms with Crippen molar-refractivity contribution in [2.75, 3.05) is 73.6 Å². The minimum atomic E-state index is -0.0883. The molecule has 0 aliphatic heterocycles. The van der Waals surface area contributed by atoms with E-state index in [1.165, 1.54) is 141 Å². The van der Waals surface area contributed by atoms with Crippen LogP contribution in [-0.4, -0.2) is 100 Å². The fraction of sp³-hybridized carbons (Fsp3) is 0.878. The van der Waals surface area contributed by atoms with Crippen LogP contribution in [0.4, 0.5) is 0 Å². The highest BCUT2D eigenvalue weighted by Gasteiger charge is 2.11. The molecule has 0 aromatic carbocycles. The summed E-state index contributed by atoms with van der Waals surface area (Å²) in [6.07, 6.45) is 45.2. The maximum atomic E-state index is 12.5. The zero-order chi connectivity index (χ0) is 41.0. The molecule has 0 bridgehead atoms. The fourth-order valence-corrected chi connectivity index (χ4v) is 7.07. The number of esters is 2. The summed E-state index contributed by atoms with van der Waals surface area (Å²) in [6.45, 7) is 10.8. The van der Waals surface area contributed by atoms with Crippen molar-refractivity contribution in [1.29, 1.82) is 0 Å². The predicted octanol–water partition coefficient (Wildman–Crippen LogP) is 12.7. The first-order valence-corrected chi connectivity index (χ1v) is 24.1. The average molecular weight is 790 g/mol. The number of allylic oxidation sites excluding steroid dienone is 4. The van der Waals surface area contributed by atoms with Gasteiger partial charge in [-0.1, -0.05) is 141 Å². The molecular formula is C49H95N3O4. The lowest BCUT2D eigenvalue weighted by molar-refractivity contribution is -0.144. The number of nitrogens with zero attached hydrogens (tertiary/aromatic N) is 3. The van der Waals surface area contributed by atoms with E-state index in [1.807, 2.05) is 0 Å². The van der Waals surface area contributed by atoms with Gasteiger partial charge in [0.1, 0.15) is 13.2 Å². The lowest BCUT2D eigenvalue weighted by Crippen LogP contribution is -2.35. The number of ether oxygens (including phenoxy) is 2. The van der Waals surface area contributed by atoms with Crippen LogP contribution in [0.2, 0.25) is 0 Å². The molecule has 0 radical (unpaired) electrons. The second kappa shape index (κ2) is 44.4. The van der Waals surface area contributed by atoms with Gasteiger partial charge in [-0.25, -0.2) is 0 Å². The molecule has 0 aliphatic carbocycles. The van der Waals surface area contributed by atoms with Gasteiger partial charge in [-0.3, -0.25) is 14.5 Å². The second-order valence-corrected chi connectivity index (χ2v) is 16.8. The van der Waals surface area contributed by atoms with Crippen molar-refractivity contribution in [3.63, 3.8) is 0 Å². The van der Waals surface area contributed by atoms with Gasteiger partial charge in [0.05, 0.1) is 0 Å². The van der Waals surface area contributed by atoms with Crippen molar-refractivity contribution < 1.29 is 19.1 Å². The third-order valence-corrected chi connectivity index (χ3v) is 10.8. The molecule has 0 aromatic rings. The van der Waals surface area contributed by atoms with Gasteiger partial charge in [0.2, 0.25) is 0 Å². The van der Waals surface area contributed by atoms with Crippen molar-refractivity contribution in [3.05, 3.63) is 24.3 Å². The van der Waals surface area contributed by atoms with Gasteiger partial charge in [-0.15, -0.1) is 0 Å². The molecule has 330 valence electrons. The van der Waals surface area contributed by atoms with Crippen LogP contribution >= 0.6 is 0 Å². The molecule has 0 atom stereocenters. The normalized spacial score (nSPS) is 12.0. The van der Waals surface area contributed by atoms with Gasteiger partial charge >= 0.3 is 11.9 Å². The summed E-state index contributed by atoms with van der Waals surface area (Å²) in [7, 11) is 6.43. The Bertz CT molecular complexity index is 835. The number of carbonyl (C=O) groups excluding carboxylic acids is 2. The fourth-order valence-electron chi connectivity index (χ4n) is 7.07. The highest BCUT2D eigenvalue weighted by atomic mass is 16.5. The summed E-state index contributed by atoms with van der Waals surface area (Å²) >= 11 is 0. The van der Waals surface area contributed by atoms with Crippen LogP contribution in [0.1, 0.15) is 206 Å². The molecular weight excluding hydrogens is 695 g/mol. The van der Waals surface area contributed by atoms with Crippen molar-refractivity contribution in [3.8, 4) is 0 Å². The summed E-state index contributed by atoms with van der Waals surface area (Å²) in [5.74, 6) is -0.177. The van der Waals surface area contributed by atoms with Crippen LogP contribution < -0.4 is 0 Å². The standard InChI is InChI=1S/C49H95N3O4/c1-6-8-10-12-14-16-18-20-22-24-26-28-30-32-34-38-48(53)55-46-44-52(43-37-42-51(5)41-36-40-50(3)4)45-47-56-49(54)39-35-33-31-29-27-25-23-21-19-17-15-13-11-9-7-2/h20-23H,6-19,24-47H2,1-5H3/b22-20-,23-21-. The predicted molar refractivity (Wildman–Crippen MR) is 243 cm³/mol. The zero-order valence-electron chi connectivity index (χ0n) is 38.2. The summed E-state index contributed by atoms with van der Waals surface area (Å²) in [5.41, 5.74) is 0. The molecule has 0 unspecified atom stereocenters.